The zero-order valence-corrected chi connectivity index (χ0v) is 20.2. The minimum atomic E-state index is -3.93. The number of benzene rings is 3. The fourth-order valence-electron chi connectivity index (χ4n) is 3.29. The van der Waals surface area contributed by atoms with Gasteiger partial charge in [0.05, 0.1) is 18.6 Å². The van der Waals surface area contributed by atoms with E-state index < -0.39 is 10.0 Å². The number of nitrogens with one attached hydrogen (secondary N) is 2. The average Bonchev–Trinajstić information content (AvgIpc) is 2.90. The van der Waals surface area contributed by atoms with Crippen LogP contribution in [-0.4, -0.2) is 38.0 Å². The number of carbonyl (C=O) groups is 1. The Hall–Kier alpha value is -4.44. The van der Waals surface area contributed by atoms with E-state index >= 15 is 0 Å². The molecular formula is C26H24N4O5S. The second-order valence-electron chi connectivity index (χ2n) is 7.61. The third-order valence-electron chi connectivity index (χ3n) is 5.13. The van der Waals surface area contributed by atoms with Gasteiger partial charge in [-0.15, -0.1) is 0 Å². The fraction of sp³-hybridized carbons (Fsp3) is 0.115. The van der Waals surface area contributed by atoms with Crippen molar-refractivity contribution in [3.05, 3.63) is 102 Å². The van der Waals surface area contributed by atoms with Gasteiger partial charge in [-0.1, -0.05) is 30.3 Å². The number of methoxy groups -OCH3 is 1. The van der Waals surface area contributed by atoms with Gasteiger partial charge in [0, 0.05) is 30.1 Å². The first-order chi connectivity index (χ1) is 17.4. The molecule has 9 nitrogen and oxygen atoms in total. The van der Waals surface area contributed by atoms with Gasteiger partial charge in [-0.05, 0) is 54.1 Å². The lowest BCUT2D eigenvalue weighted by Gasteiger charge is -2.11. The molecule has 3 aromatic carbocycles. The monoisotopic (exact) mass is 504 g/mol. The number of rotatable bonds is 10. The lowest BCUT2D eigenvalue weighted by atomic mass is 10.2. The zero-order chi connectivity index (χ0) is 25.4. The van der Waals surface area contributed by atoms with E-state index in [-0.39, 0.29) is 22.5 Å². The number of aromatic nitrogens is 2. The van der Waals surface area contributed by atoms with Crippen molar-refractivity contribution >= 4 is 27.4 Å². The van der Waals surface area contributed by atoms with Crippen LogP contribution in [0.5, 0.6) is 11.6 Å². The van der Waals surface area contributed by atoms with Gasteiger partial charge in [0.15, 0.2) is 0 Å². The summed E-state index contributed by atoms with van der Waals surface area (Å²) < 4.78 is 38.5. The summed E-state index contributed by atoms with van der Waals surface area (Å²) in [5, 5.41) is 2.75. The van der Waals surface area contributed by atoms with Crippen molar-refractivity contribution in [2.24, 2.45) is 0 Å². The molecule has 1 aromatic heterocycles. The molecule has 10 heteroatoms. The predicted octanol–water partition coefficient (Wildman–Crippen LogP) is 4.16. The maximum absolute atomic E-state index is 12.7. The van der Waals surface area contributed by atoms with Crippen molar-refractivity contribution in [3.63, 3.8) is 0 Å². The van der Waals surface area contributed by atoms with Crippen LogP contribution >= 0.6 is 0 Å². The third-order valence-corrected chi connectivity index (χ3v) is 6.49. The van der Waals surface area contributed by atoms with Crippen LogP contribution in [0.2, 0.25) is 0 Å². The first-order valence-electron chi connectivity index (χ1n) is 11.0. The highest BCUT2D eigenvalue weighted by molar-refractivity contribution is 7.92. The molecule has 0 atom stereocenters. The van der Waals surface area contributed by atoms with Crippen LogP contribution in [0.1, 0.15) is 15.9 Å². The first kappa shape index (κ1) is 24.7. The molecule has 36 heavy (non-hydrogen) atoms. The molecule has 2 N–H and O–H groups in total. The molecule has 0 fully saturated rings. The number of amides is 1. The van der Waals surface area contributed by atoms with E-state index in [0.29, 0.717) is 23.6 Å². The number of hydrogen-bond donors (Lipinski definition) is 2. The Morgan fingerprint density at radius 3 is 2.28 bits per heavy atom. The van der Waals surface area contributed by atoms with Gasteiger partial charge in [0.1, 0.15) is 5.75 Å². The summed E-state index contributed by atoms with van der Waals surface area (Å²) >= 11 is 0. The Morgan fingerprint density at radius 1 is 0.889 bits per heavy atom. The molecule has 0 bridgehead atoms. The molecule has 0 spiro atoms. The quantitative estimate of drug-likeness (QED) is 0.333. The van der Waals surface area contributed by atoms with Crippen LogP contribution in [0.15, 0.2) is 96.2 Å². The van der Waals surface area contributed by atoms with Gasteiger partial charge in [-0.2, -0.15) is 0 Å². The van der Waals surface area contributed by atoms with E-state index in [1.165, 1.54) is 49.3 Å². The molecule has 0 aliphatic carbocycles. The highest BCUT2D eigenvalue weighted by Crippen LogP contribution is 2.22. The predicted molar refractivity (Wildman–Crippen MR) is 136 cm³/mol. The first-order valence-corrected chi connectivity index (χ1v) is 12.5. The molecular weight excluding hydrogens is 480 g/mol. The smallest absolute Gasteiger partial charge is 0.263 e. The Balaban J connectivity index is 1.33. The summed E-state index contributed by atoms with van der Waals surface area (Å²) in [4.78, 5) is 20.5. The summed E-state index contributed by atoms with van der Waals surface area (Å²) in [6.45, 7) is 0.531. The van der Waals surface area contributed by atoms with E-state index in [9.17, 15) is 13.2 Å². The topological polar surface area (TPSA) is 120 Å². The van der Waals surface area contributed by atoms with Crippen molar-refractivity contribution in [1.29, 1.82) is 0 Å². The van der Waals surface area contributed by atoms with E-state index in [4.69, 9.17) is 9.47 Å². The molecule has 0 aliphatic heterocycles. The third kappa shape index (κ3) is 6.36. The number of anilines is 2. The van der Waals surface area contributed by atoms with Crippen molar-refractivity contribution < 1.29 is 22.7 Å². The molecule has 0 unspecified atom stereocenters. The maximum Gasteiger partial charge on any atom is 0.263 e. The van der Waals surface area contributed by atoms with Gasteiger partial charge in [-0.25, -0.2) is 18.4 Å². The van der Waals surface area contributed by atoms with Crippen molar-refractivity contribution in [2.75, 3.05) is 23.8 Å². The summed E-state index contributed by atoms with van der Waals surface area (Å²) in [5.41, 5.74) is 2.08. The Bertz CT molecular complexity index is 1410. The van der Waals surface area contributed by atoms with Crippen LogP contribution in [0, 0.1) is 0 Å². The van der Waals surface area contributed by atoms with Gasteiger partial charge < -0.3 is 14.8 Å². The van der Waals surface area contributed by atoms with Crippen molar-refractivity contribution in [2.45, 2.75) is 11.3 Å². The number of sulfonamides is 1. The van der Waals surface area contributed by atoms with E-state index in [1.54, 1.807) is 24.3 Å². The lowest BCUT2D eigenvalue weighted by Crippen LogP contribution is -2.15. The molecule has 0 saturated heterocycles. The second kappa shape index (κ2) is 11.3. The molecule has 0 radical (unpaired) electrons. The Kier molecular flexibility index (Phi) is 7.76. The standard InChI is InChI=1S/C26H24N4O5S/c1-34-26-24(27-16-17-28-26)30-36(32,33)23-13-9-21(10-14-23)29-25(31)20-7-11-22(12-8-20)35-18-15-19-5-3-2-4-6-19/h2-14,16-17H,15,18H2,1H3,(H,27,30)(H,29,31). The Morgan fingerprint density at radius 2 is 1.58 bits per heavy atom. The second-order valence-corrected chi connectivity index (χ2v) is 9.29. The van der Waals surface area contributed by atoms with Crippen molar-refractivity contribution in [1.82, 2.24) is 9.97 Å². The van der Waals surface area contributed by atoms with E-state index in [1.807, 2.05) is 30.3 Å². The highest BCUT2D eigenvalue weighted by Gasteiger charge is 2.18. The molecule has 4 aromatic rings. The SMILES string of the molecule is COc1nccnc1NS(=O)(=O)c1ccc(NC(=O)c2ccc(OCCc3ccccc3)cc2)cc1. The van der Waals surface area contributed by atoms with Gasteiger partial charge in [0.25, 0.3) is 21.8 Å². The molecule has 0 aliphatic rings. The summed E-state index contributed by atoms with van der Waals surface area (Å²) in [5.74, 6) is 0.371. The van der Waals surface area contributed by atoms with Gasteiger partial charge in [-0.3, -0.25) is 9.52 Å². The largest absolute Gasteiger partial charge is 0.493 e. The lowest BCUT2D eigenvalue weighted by molar-refractivity contribution is 0.102. The van der Waals surface area contributed by atoms with Crippen LogP contribution in [0.25, 0.3) is 0 Å². The van der Waals surface area contributed by atoms with Crippen LogP contribution in [-0.2, 0) is 16.4 Å². The summed E-state index contributed by atoms with van der Waals surface area (Å²) in [6.07, 6.45) is 3.53. The number of nitrogens with zero attached hydrogens (tertiary/aromatic N) is 2. The van der Waals surface area contributed by atoms with Gasteiger partial charge in [0.2, 0.25) is 5.82 Å². The highest BCUT2D eigenvalue weighted by atomic mass is 32.2. The van der Waals surface area contributed by atoms with Crippen molar-refractivity contribution in [3.8, 4) is 11.6 Å². The minimum absolute atomic E-state index is 0.00907. The van der Waals surface area contributed by atoms with Crippen LogP contribution < -0.4 is 19.5 Å². The zero-order valence-electron chi connectivity index (χ0n) is 19.4. The minimum Gasteiger partial charge on any atom is -0.493 e. The fourth-order valence-corrected chi connectivity index (χ4v) is 4.29. The molecule has 0 saturated carbocycles. The number of ether oxygens (including phenoxy) is 2. The van der Waals surface area contributed by atoms with Crippen LogP contribution in [0.4, 0.5) is 11.5 Å². The van der Waals surface area contributed by atoms with Crippen LogP contribution in [0.3, 0.4) is 0 Å². The molecule has 4 rings (SSSR count). The maximum atomic E-state index is 12.7. The molecule has 1 heterocycles. The number of carbonyl (C=O) groups excluding carboxylic acids is 1. The van der Waals surface area contributed by atoms with E-state index in [2.05, 4.69) is 20.0 Å². The average molecular weight is 505 g/mol. The molecule has 1 amide bonds. The summed E-state index contributed by atoms with van der Waals surface area (Å²) in [6, 6.07) is 22.6. The van der Waals surface area contributed by atoms with Gasteiger partial charge >= 0.3 is 0 Å². The normalized spacial score (nSPS) is 10.9. The molecule has 184 valence electrons. The Labute approximate surface area is 209 Å². The summed E-state index contributed by atoms with van der Waals surface area (Å²) in [7, 11) is -2.57. The number of hydrogen-bond acceptors (Lipinski definition) is 7. The van der Waals surface area contributed by atoms with E-state index in [0.717, 1.165) is 6.42 Å².